The Morgan fingerprint density at radius 3 is 2.22 bits per heavy atom. The van der Waals surface area contributed by atoms with Crippen LogP contribution in [-0.2, 0) is 0 Å². The van der Waals surface area contributed by atoms with Gasteiger partial charge in [0.1, 0.15) is 7.05 Å². The average Bonchev–Trinajstić information content (AvgIpc) is 1.81. The zero-order valence-corrected chi connectivity index (χ0v) is 5.50. The Morgan fingerprint density at radius 2 is 2.11 bits per heavy atom. The summed E-state index contributed by atoms with van der Waals surface area (Å²) in [6.07, 6.45) is 1.74. The summed E-state index contributed by atoms with van der Waals surface area (Å²) in [6, 6.07) is 0. The van der Waals surface area contributed by atoms with Gasteiger partial charge in [-0.1, -0.05) is 0 Å². The normalized spacial score (nSPS) is 17.1. The van der Waals surface area contributed by atoms with E-state index in [1.807, 2.05) is 6.92 Å². The number of hydrogen-bond donors (Lipinski definition) is 2. The van der Waals surface area contributed by atoms with Crippen LogP contribution in [0.5, 0.6) is 0 Å². The molecule has 0 aliphatic carbocycles. The van der Waals surface area contributed by atoms with E-state index in [4.69, 9.17) is 10.0 Å². The first-order valence-electron chi connectivity index (χ1n) is 2.78. The van der Waals surface area contributed by atoms with Gasteiger partial charge in [0.15, 0.2) is 5.70 Å². The van der Waals surface area contributed by atoms with Gasteiger partial charge in [-0.05, 0) is 0 Å². The molecular weight excluding hydrogens is 117 g/mol. The van der Waals surface area contributed by atoms with Crippen LogP contribution in [0, 0.1) is 0 Å². The van der Waals surface area contributed by atoms with Crippen molar-refractivity contribution in [1.82, 2.24) is 0 Å². The quantitative estimate of drug-likeness (QED) is 0.349. The molecule has 0 radical (unpaired) electrons. The number of allylic oxidation sites excluding steroid dienone is 2. The lowest BCUT2D eigenvalue weighted by atomic mass is 9.79. The second kappa shape index (κ2) is 1.97. The maximum atomic E-state index is 8.59. The van der Waals surface area contributed by atoms with Crippen molar-refractivity contribution in [3.05, 3.63) is 11.8 Å². The molecule has 0 saturated carbocycles. The SMILES string of the molecule is CC1=CC(B(O)O)=[N+]1C. The van der Waals surface area contributed by atoms with E-state index in [1.54, 1.807) is 17.7 Å². The fourth-order valence-electron chi connectivity index (χ4n) is 0.793. The second-order valence-electron chi connectivity index (χ2n) is 2.14. The van der Waals surface area contributed by atoms with Crippen molar-refractivity contribution in [1.29, 1.82) is 0 Å². The van der Waals surface area contributed by atoms with Gasteiger partial charge in [-0.15, -0.1) is 0 Å². The van der Waals surface area contributed by atoms with Gasteiger partial charge in [0.05, 0.1) is 6.08 Å². The highest BCUT2D eigenvalue weighted by molar-refractivity contribution is 6.81. The Balaban J connectivity index is 2.68. The molecule has 0 aromatic carbocycles. The topological polar surface area (TPSA) is 43.5 Å². The fourth-order valence-corrected chi connectivity index (χ4v) is 0.793. The van der Waals surface area contributed by atoms with Crippen LogP contribution in [0.4, 0.5) is 0 Å². The van der Waals surface area contributed by atoms with Gasteiger partial charge in [-0.25, -0.2) is 4.58 Å². The lowest BCUT2D eigenvalue weighted by molar-refractivity contribution is -0.452. The lowest BCUT2D eigenvalue weighted by Gasteiger charge is -2.08. The zero-order chi connectivity index (χ0) is 7.02. The van der Waals surface area contributed by atoms with Gasteiger partial charge in [0, 0.05) is 6.92 Å². The van der Waals surface area contributed by atoms with Crippen molar-refractivity contribution in [2.45, 2.75) is 6.92 Å². The van der Waals surface area contributed by atoms with E-state index in [-0.39, 0.29) is 0 Å². The van der Waals surface area contributed by atoms with Gasteiger partial charge >= 0.3 is 7.12 Å². The maximum Gasteiger partial charge on any atom is 0.561 e. The van der Waals surface area contributed by atoms with Crippen LogP contribution in [0.2, 0.25) is 0 Å². The van der Waals surface area contributed by atoms with Crippen molar-refractivity contribution < 1.29 is 14.6 Å². The molecule has 3 nitrogen and oxygen atoms in total. The predicted molar refractivity (Wildman–Crippen MR) is 35.1 cm³/mol. The molecule has 48 valence electrons. The zero-order valence-electron chi connectivity index (χ0n) is 5.50. The highest BCUT2D eigenvalue weighted by atomic mass is 16.4. The molecule has 0 bridgehead atoms. The molecular formula is C5H9BNO2+. The van der Waals surface area contributed by atoms with Crippen molar-refractivity contribution >= 4 is 12.7 Å². The molecule has 0 atom stereocenters. The Morgan fingerprint density at radius 1 is 1.56 bits per heavy atom. The Bertz CT molecular complexity index is 195. The van der Waals surface area contributed by atoms with Crippen molar-refractivity contribution in [2.24, 2.45) is 0 Å². The number of nitrogens with zero attached hydrogens (tertiary/aromatic N) is 1. The van der Waals surface area contributed by atoms with E-state index in [1.165, 1.54) is 0 Å². The predicted octanol–water partition coefficient (Wildman–Crippen LogP) is -1.00. The van der Waals surface area contributed by atoms with Crippen LogP contribution < -0.4 is 0 Å². The van der Waals surface area contributed by atoms with Crippen molar-refractivity contribution in [3.8, 4) is 0 Å². The van der Waals surface area contributed by atoms with Gasteiger partial charge in [0.2, 0.25) is 5.61 Å². The molecule has 0 amide bonds. The molecule has 4 heteroatoms. The summed E-state index contributed by atoms with van der Waals surface area (Å²) in [7, 11) is 0.475. The van der Waals surface area contributed by atoms with Crippen molar-refractivity contribution in [3.63, 3.8) is 0 Å². The third-order valence-electron chi connectivity index (χ3n) is 1.54. The average molecular weight is 126 g/mol. The van der Waals surface area contributed by atoms with Gasteiger partial charge in [0.25, 0.3) is 0 Å². The van der Waals surface area contributed by atoms with E-state index < -0.39 is 7.12 Å². The first-order chi connectivity index (χ1) is 4.13. The summed E-state index contributed by atoms with van der Waals surface area (Å²) in [5, 5.41) is 17.2. The van der Waals surface area contributed by atoms with E-state index in [0.29, 0.717) is 5.61 Å². The third kappa shape index (κ3) is 0.908. The minimum atomic E-state index is -1.32. The summed E-state index contributed by atoms with van der Waals surface area (Å²) < 4.78 is 1.74. The number of hydrogen-bond acceptors (Lipinski definition) is 2. The summed E-state index contributed by atoms with van der Waals surface area (Å²) in [4.78, 5) is 0. The first kappa shape index (κ1) is 6.51. The van der Waals surface area contributed by atoms with Crippen LogP contribution in [0.15, 0.2) is 11.8 Å². The van der Waals surface area contributed by atoms with E-state index >= 15 is 0 Å². The second-order valence-corrected chi connectivity index (χ2v) is 2.14. The molecule has 0 aromatic heterocycles. The molecule has 9 heavy (non-hydrogen) atoms. The van der Waals surface area contributed by atoms with Gasteiger partial charge in [-0.3, -0.25) is 0 Å². The van der Waals surface area contributed by atoms with Gasteiger partial charge in [-0.2, -0.15) is 0 Å². The molecule has 1 aliphatic heterocycles. The van der Waals surface area contributed by atoms with Crippen LogP contribution in [-0.4, -0.2) is 34.4 Å². The maximum absolute atomic E-state index is 8.59. The minimum absolute atomic E-state index is 0.563. The van der Waals surface area contributed by atoms with Gasteiger partial charge < -0.3 is 10.0 Å². The molecule has 0 saturated heterocycles. The van der Waals surface area contributed by atoms with E-state index in [9.17, 15) is 0 Å². The third-order valence-corrected chi connectivity index (χ3v) is 1.54. The lowest BCUT2D eigenvalue weighted by Crippen LogP contribution is -2.37. The van der Waals surface area contributed by atoms with Crippen LogP contribution in [0.25, 0.3) is 0 Å². The van der Waals surface area contributed by atoms with Crippen molar-refractivity contribution in [2.75, 3.05) is 7.05 Å². The number of rotatable bonds is 1. The van der Waals surface area contributed by atoms with E-state index in [0.717, 1.165) is 5.70 Å². The molecule has 1 aliphatic rings. The Kier molecular flexibility index (Phi) is 1.42. The summed E-state index contributed by atoms with van der Waals surface area (Å²) in [5.41, 5.74) is 1.62. The van der Waals surface area contributed by atoms with Crippen LogP contribution in [0.1, 0.15) is 6.92 Å². The molecule has 0 unspecified atom stereocenters. The first-order valence-corrected chi connectivity index (χ1v) is 2.78. The summed E-state index contributed by atoms with van der Waals surface area (Å²) >= 11 is 0. The molecule has 0 fully saturated rings. The molecule has 2 N–H and O–H groups in total. The standard InChI is InChI=1S/C5H9BNO2/c1-4-3-5(6(8)9)7(4)2/h3,8-9H,1-2H3/q+1. The summed E-state index contributed by atoms with van der Waals surface area (Å²) in [6.45, 7) is 1.91. The highest BCUT2D eigenvalue weighted by Crippen LogP contribution is 2.06. The van der Waals surface area contributed by atoms with Crippen LogP contribution >= 0.6 is 0 Å². The fraction of sp³-hybridized carbons (Fsp3) is 0.400. The Labute approximate surface area is 54.1 Å². The van der Waals surface area contributed by atoms with Crippen LogP contribution in [0.3, 0.4) is 0 Å². The minimum Gasteiger partial charge on any atom is -0.419 e. The molecule has 0 spiro atoms. The van der Waals surface area contributed by atoms with E-state index in [2.05, 4.69) is 0 Å². The summed E-state index contributed by atoms with van der Waals surface area (Å²) in [5.74, 6) is 0. The smallest absolute Gasteiger partial charge is 0.419 e. The monoisotopic (exact) mass is 126 g/mol. The molecule has 1 rings (SSSR count). The molecule has 0 aromatic rings. The Hall–Kier alpha value is -0.605. The largest absolute Gasteiger partial charge is 0.561 e. The highest BCUT2D eigenvalue weighted by Gasteiger charge is 2.32. The molecule has 1 heterocycles.